The van der Waals surface area contributed by atoms with E-state index in [2.05, 4.69) is 30.7 Å². The molecule has 1 unspecified atom stereocenters. The molecular weight excluding hydrogens is 192 g/mol. The van der Waals surface area contributed by atoms with Crippen molar-refractivity contribution >= 4 is 11.3 Å². The third-order valence-electron chi connectivity index (χ3n) is 2.53. The van der Waals surface area contributed by atoms with Crippen LogP contribution in [0.25, 0.3) is 0 Å². The van der Waals surface area contributed by atoms with Crippen LogP contribution in [0.15, 0.2) is 11.4 Å². The maximum absolute atomic E-state index is 5.59. The van der Waals surface area contributed by atoms with Gasteiger partial charge in [-0.2, -0.15) is 0 Å². The van der Waals surface area contributed by atoms with Gasteiger partial charge in [-0.15, -0.1) is 11.3 Å². The number of aryl methyl sites for hydroxylation is 1. The number of hydrogen-bond acceptors (Lipinski definition) is 3. The maximum Gasteiger partial charge on any atom is 0.0556 e. The SMILES string of the molecule is CCCCC(NN)c1sccc1CC. The zero-order chi connectivity index (χ0) is 10.4. The predicted molar refractivity (Wildman–Crippen MR) is 63.3 cm³/mol. The molecule has 0 radical (unpaired) electrons. The van der Waals surface area contributed by atoms with E-state index >= 15 is 0 Å². The first kappa shape index (κ1) is 11.7. The minimum absolute atomic E-state index is 0.352. The molecule has 3 heteroatoms. The van der Waals surface area contributed by atoms with E-state index in [0.717, 1.165) is 12.8 Å². The fourth-order valence-electron chi connectivity index (χ4n) is 1.64. The molecule has 0 fully saturated rings. The molecule has 0 aliphatic rings. The number of thiophene rings is 1. The van der Waals surface area contributed by atoms with Crippen LogP contribution in [0.4, 0.5) is 0 Å². The van der Waals surface area contributed by atoms with Gasteiger partial charge in [-0.1, -0.05) is 26.7 Å². The highest BCUT2D eigenvalue weighted by Gasteiger charge is 2.13. The molecule has 0 amide bonds. The first-order valence-electron chi connectivity index (χ1n) is 5.35. The van der Waals surface area contributed by atoms with E-state index < -0.39 is 0 Å². The van der Waals surface area contributed by atoms with Crippen LogP contribution in [-0.2, 0) is 6.42 Å². The molecule has 0 spiro atoms. The van der Waals surface area contributed by atoms with Gasteiger partial charge in [0.05, 0.1) is 6.04 Å². The molecule has 3 N–H and O–H groups in total. The van der Waals surface area contributed by atoms with Gasteiger partial charge in [0.15, 0.2) is 0 Å². The fourth-order valence-corrected chi connectivity index (χ4v) is 2.74. The van der Waals surface area contributed by atoms with E-state index in [1.54, 1.807) is 0 Å². The largest absolute Gasteiger partial charge is 0.271 e. The Morgan fingerprint density at radius 1 is 1.50 bits per heavy atom. The van der Waals surface area contributed by atoms with Crippen LogP contribution >= 0.6 is 11.3 Å². The van der Waals surface area contributed by atoms with Gasteiger partial charge in [-0.3, -0.25) is 11.3 Å². The van der Waals surface area contributed by atoms with Gasteiger partial charge >= 0.3 is 0 Å². The van der Waals surface area contributed by atoms with E-state index in [9.17, 15) is 0 Å². The van der Waals surface area contributed by atoms with Crippen molar-refractivity contribution in [3.8, 4) is 0 Å². The minimum Gasteiger partial charge on any atom is -0.271 e. The summed E-state index contributed by atoms with van der Waals surface area (Å²) in [6, 6.07) is 2.56. The Morgan fingerprint density at radius 3 is 2.86 bits per heavy atom. The van der Waals surface area contributed by atoms with Crippen LogP contribution < -0.4 is 11.3 Å². The van der Waals surface area contributed by atoms with Crippen molar-refractivity contribution in [1.82, 2.24) is 5.43 Å². The monoisotopic (exact) mass is 212 g/mol. The Bertz CT molecular complexity index is 258. The highest BCUT2D eigenvalue weighted by molar-refractivity contribution is 7.10. The summed E-state index contributed by atoms with van der Waals surface area (Å²) in [5.41, 5.74) is 4.36. The molecule has 80 valence electrons. The van der Waals surface area contributed by atoms with Gasteiger partial charge < -0.3 is 0 Å². The van der Waals surface area contributed by atoms with Crippen LogP contribution in [0.1, 0.15) is 49.6 Å². The quantitative estimate of drug-likeness (QED) is 0.562. The summed E-state index contributed by atoms with van der Waals surface area (Å²) < 4.78 is 0. The lowest BCUT2D eigenvalue weighted by molar-refractivity contribution is 0.499. The highest BCUT2D eigenvalue weighted by atomic mass is 32.1. The van der Waals surface area contributed by atoms with E-state index in [0.29, 0.717) is 6.04 Å². The van der Waals surface area contributed by atoms with Gasteiger partial charge in [0.2, 0.25) is 0 Å². The van der Waals surface area contributed by atoms with Crippen molar-refractivity contribution in [3.63, 3.8) is 0 Å². The lowest BCUT2D eigenvalue weighted by Gasteiger charge is -2.15. The second-order valence-corrected chi connectivity index (χ2v) is 4.47. The molecule has 0 saturated heterocycles. The average molecular weight is 212 g/mol. The number of nitrogens with two attached hydrogens (primary N) is 1. The summed E-state index contributed by atoms with van der Waals surface area (Å²) in [4.78, 5) is 1.42. The topological polar surface area (TPSA) is 38.0 Å². The van der Waals surface area contributed by atoms with Crippen molar-refractivity contribution in [1.29, 1.82) is 0 Å². The molecule has 1 atom stereocenters. The van der Waals surface area contributed by atoms with Gasteiger partial charge in [-0.05, 0) is 29.9 Å². The number of unbranched alkanes of at least 4 members (excludes halogenated alkanes) is 1. The lowest BCUT2D eigenvalue weighted by Crippen LogP contribution is -2.27. The summed E-state index contributed by atoms with van der Waals surface area (Å²) in [6.07, 6.45) is 4.70. The van der Waals surface area contributed by atoms with Crippen molar-refractivity contribution in [3.05, 3.63) is 21.9 Å². The number of nitrogens with one attached hydrogen (secondary N) is 1. The third kappa shape index (κ3) is 2.80. The van der Waals surface area contributed by atoms with Crippen LogP contribution in [0.3, 0.4) is 0 Å². The first-order chi connectivity index (χ1) is 6.83. The van der Waals surface area contributed by atoms with Crippen LogP contribution in [-0.4, -0.2) is 0 Å². The smallest absolute Gasteiger partial charge is 0.0556 e. The summed E-state index contributed by atoms with van der Waals surface area (Å²) in [7, 11) is 0. The summed E-state index contributed by atoms with van der Waals surface area (Å²) in [5, 5.41) is 2.16. The number of rotatable bonds is 6. The van der Waals surface area contributed by atoms with E-state index in [1.807, 2.05) is 11.3 Å². The van der Waals surface area contributed by atoms with Gasteiger partial charge in [-0.25, -0.2) is 0 Å². The van der Waals surface area contributed by atoms with E-state index in [4.69, 9.17) is 5.84 Å². The fraction of sp³-hybridized carbons (Fsp3) is 0.636. The van der Waals surface area contributed by atoms with Crippen LogP contribution in [0, 0.1) is 0 Å². The Balaban J connectivity index is 2.67. The zero-order valence-corrected chi connectivity index (χ0v) is 9.86. The number of hydrogen-bond donors (Lipinski definition) is 2. The molecule has 1 rings (SSSR count). The lowest BCUT2D eigenvalue weighted by atomic mass is 10.0. The molecule has 2 nitrogen and oxygen atoms in total. The zero-order valence-electron chi connectivity index (χ0n) is 9.05. The van der Waals surface area contributed by atoms with E-state index in [-0.39, 0.29) is 0 Å². The summed E-state index contributed by atoms with van der Waals surface area (Å²) >= 11 is 1.81. The van der Waals surface area contributed by atoms with Crippen molar-refractivity contribution in [2.24, 2.45) is 5.84 Å². The van der Waals surface area contributed by atoms with Crippen LogP contribution in [0.5, 0.6) is 0 Å². The van der Waals surface area contributed by atoms with Gasteiger partial charge in [0, 0.05) is 4.88 Å². The molecule has 0 bridgehead atoms. The van der Waals surface area contributed by atoms with Gasteiger partial charge in [0.25, 0.3) is 0 Å². The molecule has 0 saturated carbocycles. The minimum atomic E-state index is 0.352. The summed E-state index contributed by atoms with van der Waals surface area (Å²) in [6.45, 7) is 4.40. The third-order valence-corrected chi connectivity index (χ3v) is 3.60. The molecule has 1 heterocycles. The Labute approximate surface area is 90.5 Å². The Morgan fingerprint density at radius 2 is 2.29 bits per heavy atom. The number of hydrazine groups is 1. The average Bonchev–Trinajstić information content (AvgIpc) is 2.67. The molecule has 1 aromatic rings. The molecular formula is C11H20N2S. The molecule has 0 aliphatic heterocycles. The standard InChI is InChI=1S/C11H20N2S/c1-3-5-6-10(13-12)11-9(4-2)7-8-14-11/h7-8,10,13H,3-6,12H2,1-2H3. The molecule has 0 aliphatic carbocycles. The normalized spacial score (nSPS) is 13.1. The second kappa shape index (κ2) is 6.17. The molecule has 14 heavy (non-hydrogen) atoms. The Hall–Kier alpha value is -0.380. The van der Waals surface area contributed by atoms with E-state index in [1.165, 1.54) is 23.3 Å². The van der Waals surface area contributed by atoms with Crippen molar-refractivity contribution in [2.45, 2.75) is 45.6 Å². The van der Waals surface area contributed by atoms with Crippen molar-refractivity contribution in [2.75, 3.05) is 0 Å². The second-order valence-electron chi connectivity index (χ2n) is 3.53. The predicted octanol–water partition coefficient (Wildman–Crippen LogP) is 3.01. The first-order valence-corrected chi connectivity index (χ1v) is 6.23. The Kier molecular flexibility index (Phi) is 5.15. The summed E-state index contributed by atoms with van der Waals surface area (Å²) in [5.74, 6) is 5.59. The van der Waals surface area contributed by atoms with Crippen molar-refractivity contribution < 1.29 is 0 Å². The molecule has 0 aromatic carbocycles. The highest BCUT2D eigenvalue weighted by Crippen LogP contribution is 2.27. The molecule has 1 aromatic heterocycles. The van der Waals surface area contributed by atoms with Crippen LogP contribution in [0.2, 0.25) is 0 Å². The van der Waals surface area contributed by atoms with Gasteiger partial charge in [0.1, 0.15) is 0 Å². The maximum atomic E-state index is 5.59.